The summed E-state index contributed by atoms with van der Waals surface area (Å²) in [6.45, 7) is 7.99. The van der Waals surface area contributed by atoms with Gasteiger partial charge >= 0.3 is 6.09 Å². The van der Waals surface area contributed by atoms with E-state index < -0.39 is 5.60 Å². The van der Waals surface area contributed by atoms with E-state index in [0.717, 1.165) is 31.1 Å². The Balaban J connectivity index is 1.56. The Morgan fingerprint density at radius 2 is 2.08 bits per heavy atom. The number of hydrogen-bond acceptors (Lipinski definition) is 7. The number of piperidine rings is 1. The first-order valence-electron chi connectivity index (χ1n) is 8.77. The SMILES string of the molecule is CN(CC1CCN(c2nn3c(=O)ccnc3s2)CC1)C(=O)OC(C)(C)C. The normalized spacial score (nSPS) is 16.1. The monoisotopic (exact) mass is 379 g/mol. The summed E-state index contributed by atoms with van der Waals surface area (Å²) in [5, 5.41) is 5.21. The summed E-state index contributed by atoms with van der Waals surface area (Å²) in [5.74, 6) is 0.430. The third-order valence-electron chi connectivity index (χ3n) is 4.28. The van der Waals surface area contributed by atoms with Gasteiger partial charge in [0.25, 0.3) is 5.56 Å². The minimum absolute atomic E-state index is 0.161. The van der Waals surface area contributed by atoms with E-state index in [-0.39, 0.29) is 11.7 Å². The number of ether oxygens (including phenoxy) is 1. The third-order valence-corrected chi connectivity index (χ3v) is 5.27. The first-order valence-corrected chi connectivity index (χ1v) is 9.58. The molecule has 1 amide bonds. The molecule has 0 aliphatic carbocycles. The minimum Gasteiger partial charge on any atom is -0.444 e. The summed E-state index contributed by atoms with van der Waals surface area (Å²) in [4.78, 5) is 32.6. The van der Waals surface area contributed by atoms with Gasteiger partial charge in [0.2, 0.25) is 10.1 Å². The third kappa shape index (κ3) is 4.32. The van der Waals surface area contributed by atoms with Crippen LogP contribution in [0.1, 0.15) is 33.6 Å². The molecule has 0 saturated carbocycles. The molecule has 1 saturated heterocycles. The molecule has 8 nitrogen and oxygen atoms in total. The van der Waals surface area contributed by atoms with Crippen LogP contribution in [0, 0.1) is 5.92 Å². The second kappa shape index (κ2) is 7.22. The standard InChI is InChI=1S/C17H25N5O3S/c1-17(2,3)25-16(24)20(4)11-12-6-9-21(10-7-12)15-19-22-13(23)5-8-18-14(22)26-15/h5,8,12H,6-7,9-11H2,1-4H3. The molecule has 9 heteroatoms. The van der Waals surface area contributed by atoms with Crippen LogP contribution >= 0.6 is 11.3 Å². The van der Waals surface area contributed by atoms with Gasteiger partial charge in [-0.25, -0.2) is 9.78 Å². The Labute approximate surface area is 156 Å². The summed E-state index contributed by atoms with van der Waals surface area (Å²) in [6.07, 6.45) is 3.16. The average Bonchev–Trinajstić information content (AvgIpc) is 2.99. The molecular weight excluding hydrogens is 354 g/mol. The van der Waals surface area contributed by atoms with E-state index in [0.29, 0.717) is 17.4 Å². The predicted molar refractivity (Wildman–Crippen MR) is 101 cm³/mol. The predicted octanol–water partition coefficient (Wildman–Crippen LogP) is 2.23. The van der Waals surface area contributed by atoms with Crippen LogP contribution in [-0.4, -0.2) is 57.9 Å². The van der Waals surface area contributed by atoms with Crippen molar-refractivity contribution in [1.29, 1.82) is 0 Å². The van der Waals surface area contributed by atoms with E-state index in [2.05, 4.69) is 15.0 Å². The van der Waals surface area contributed by atoms with Gasteiger partial charge < -0.3 is 14.5 Å². The second-order valence-electron chi connectivity index (χ2n) is 7.65. The average molecular weight is 379 g/mol. The summed E-state index contributed by atoms with van der Waals surface area (Å²) in [7, 11) is 1.78. The van der Waals surface area contributed by atoms with Crippen molar-refractivity contribution in [3.8, 4) is 0 Å². The van der Waals surface area contributed by atoms with Crippen LogP contribution in [0.2, 0.25) is 0 Å². The molecule has 2 aromatic heterocycles. The van der Waals surface area contributed by atoms with Gasteiger partial charge in [0.15, 0.2) is 0 Å². The molecule has 1 fully saturated rings. The van der Waals surface area contributed by atoms with Crippen LogP contribution < -0.4 is 10.5 Å². The second-order valence-corrected chi connectivity index (χ2v) is 8.59. The zero-order valence-corrected chi connectivity index (χ0v) is 16.5. The maximum atomic E-state index is 12.1. The zero-order valence-electron chi connectivity index (χ0n) is 15.6. The molecule has 0 aromatic carbocycles. The van der Waals surface area contributed by atoms with Crippen molar-refractivity contribution in [3.63, 3.8) is 0 Å². The van der Waals surface area contributed by atoms with Crippen molar-refractivity contribution >= 4 is 27.5 Å². The van der Waals surface area contributed by atoms with Crippen molar-refractivity contribution < 1.29 is 9.53 Å². The summed E-state index contributed by atoms with van der Waals surface area (Å²) < 4.78 is 6.75. The number of carbonyl (C=O) groups is 1. The van der Waals surface area contributed by atoms with E-state index in [4.69, 9.17) is 4.74 Å². The molecule has 142 valence electrons. The number of fused-ring (bicyclic) bond motifs is 1. The molecule has 0 atom stereocenters. The maximum absolute atomic E-state index is 12.1. The first-order chi connectivity index (χ1) is 12.2. The fraction of sp³-hybridized carbons (Fsp3) is 0.647. The number of carbonyl (C=O) groups excluding carboxylic acids is 1. The molecule has 0 bridgehead atoms. The van der Waals surface area contributed by atoms with Gasteiger partial charge in [-0.15, -0.1) is 5.10 Å². The summed E-state index contributed by atoms with van der Waals surface area (Å²) in [6, 6.07) is 1.41. The fourth-order valence-electron chi connectivity index (χ4n) is 2.97. The van der Waals surface area contributed by atoms with Crippen LogP contribution in [-0.2, 0) is 4.74 Å². The largest absolute Gasteiger partial charge is 0.444 e. The first kappa shape index (κ1) is 18.6. The van der Waals surface area contributed by atoms with Crippen LogP contribution in [0.3, 0.4) is 0 Å². The molecule has 0 radical (unpaired) electrons. The number of nitrogens with zero attached hydrogens (tertiary/aromatic N) is 5. The van der Waals surface area contributed by atoms with Crippen LogP contribution in [0.25, 0.3) is 4.96 Å². The number of hydrogen-bond donors (Lipinski definition) is 0. The number of rotatable bonds is 3. The number of amides is 1. The van der Waals surface area contributed by atoms with Crippen molar-refractivity contribution in [2.24, 2.45) is 5.92 Å². The fourth-order valence-corrected chi connectivity index (χ4v) is 3.90. The molecule has 0 unspecified atom stereocenters. The van der Waals surface area contributed by atoms with Crippen LogP contribution in [0.5, 0.6) is 0 Å². The highest BCUT2D eigenvalue weighted by atomic mass is 32.1. The zero-order chi connectivity index (χ0) is 18.9. The number of anilines is 1. The molecule has 0 N–H and O–H groups in total. The summed E-state index contributed by atoms with van der Waals surface area (Å²) in [5.41, 5.74) is -0.639. The maximum Gasteiger partial charge on any atom is 0.410 e. The molecule has 2 aromatic rings. The van der Waals surface area contributed by atoms with Gasteiger partial charge in [-0.05, 0) is 39.5 Å². The Kier molecular flexibility index (Phi) is 5.17. The van der Waals surface area contributed by atoms with E-state index in [1.165, 1.54) is 28.1 Å². The molecule has 1 aliphatic rings. The van der Waals surface area contributed by atoms with E-state index in [1.54, 1.807) is 11.9 Å². The molecule has 26 heavy (non-hydrogen) atoms. The molecular formula is C17H25N5O3S. The molecule has 1 aliphatic heterocycles. The van der Waals surface area contributed by atoms with Gasteiger partial charge in [-0.1, -0.05) is 11.3 Å². The summed E-state index contributed by atoms with van der Waals surface area (Å²) >= 11 is 1.43. The van der Waals surface area contributed by atoms with Crippen molar-refractivity contribution in [1.82, 2.24) is 19.5 Å². The van der Waals surface area contributed by atoms with E-state index in [1.807, 2.05) is 20.8 Å². The van der Waals surface area contributed by atoms with Crippen LogP contribution in [0.15, 0.2) is 17.1 Å². The highest BCUT2D eigenvalue weighted by Crippen LogP contribution is 2.27. The van der Waals surface area contributed by atoms with Crippen molar-refractivity contribution in [2.75, 3.05) is 31.6 Å². The highest BCUT2D eigenvalue weighted by molar-refractivity contribution is 7.20. The van der Waals surface area contributed by atoms with Gasteiger partial charge in [0, 0.05) is 38.9 Å². The van der Waals surface area contributed by atoms with Gasteiger partial charge in [0.1, 0.15) is 5.60 Å². The lowest BCUT2D eigenvalue weighted by atomic mass is 9.97. The smallest absolute Gasteiger partial charge is 0.410 e. The van der Waals surface area contributed by atoms with Crippen molar-refractivity contribution in [2.45, 2.75) is 39.2 Å². The molecule has 3 rings (SSSR count). The lowest BCUT2D eigenvalue weighted by Gasteiger charge is -2.34. The number of aromatic nitrogens is 3. The Morgan fingerprint density at radius 3 is 2.69 bits per heavy atom. The molecule has 0 spiro atoms. The topological polar surface area (TPSA) is 80.0 Å². The Morgan fingerprint density at radius 1 is 1.38 bits per heavy atom. The van der Waals surface area contributed by atoms with E-state index in [9.17, 15) is 9.59 Å². The molecule has 3 heterocycles. The quantitative estimate of drug-likeness (QED) is 0.814. The van der Waals surface area contributed by atoms with E-state index >= 15 is 0 Å². The Hall–Kier alpha value is -2.16. The lowest BCUT2D eigenvalue weighted by Crippen LogP contribution is -2.41. The van der Waals surface area contributed by atoms with Crippen molar-refractivity contribution in [3.05, 3.63) is 22.6 Å². The lowest BCUT2D eigenvalue weighted by molar-refractivity contribution is 0.0266. The Bertz CT molecular complexity index is 833. The van der Waals surface area contributed by atoms with Gasteiger partial charge in [0.05, 0.1) is 0 Å². The van der Waals surface area contributed by atoms with Crippen LogP contribution in [0.4, 0.5) is 9.93 Å². The van der Waals surface area contributed by atoms with Gasteiger partial charge in [-0.3, -0.25) is 4.79 Å². The van der Waals surface area contributed by atoms with Gasteiger partial charge in [-0.2, -0.15) is 4.52 Å². The minimum atomic E-state index is -0.478. The highest BCUT2D eigenvalue weighted by Gasteiger charge is 2.26.